The quantitative estimate of drug-likeness (QED) is 0.441. The number of nitrogens with one attached hydrogen (secondary N) is 2. The normalized spacial score (nSPS) is 18.6. The predicted octanol–water partition coefficient (Wildman–Crippen LogP) is 1.69. The molecule has 0 heterocycles. The number of hydrogen-bond acceptors (Lipinski definition) is 2. The molecule has 0 radical (unpaired) electrons. The molecule has 0 aliphatic heterocycles. The van der Waals surface area contributed by atoms with Crippen molar-refractivity contribution in [1.29, 1.82) is 0 Å². The molecule has 1 rings (SSSR count). The van der Waals surface area contributed by atoms with Crippen LogP contribution >= 0.6 is 0 Å². The van der Waals surface area contributed by atoms with Crippen molar-refractivity contribution in [3.63, 3.8) is 0 Å². The van der Waals surface area contributed by atoms with Crippen molar-refractivity contribution in [2.45, 2.75) is 45.1 Å². The topological polar surface area (TPSA) is 39.7 Å². The molecule has 0 saturated heterocycles. The summed E-state index contributed by atoms with van der Waals surface area (Å²) in [4.78, 5) is 7.03. The molecule has 0 aromatic carbocycles. The maximum atomic E-state index is 5.29. The van der Waals surface area contributed by atoms with E-state index in [2.05, 4.69) is 42.5 Å². The first-order valence-electron chi connectivity index (χ1n) is 7.81. The van der Waals surface area contributed by atoms with E-state index in [0.29, 0.717) is 12.6 Å². The van der Waals surface area contributed by atoms with Gasteiger partial charge in [-0.15, -0.1) is 6.42 Å². The fourth-order valence-corrected chi connectivity index (χ4v) is 2.91. The molecule has 0 spiro atoms. The van der Waals surface area contributed by atoms with Crippen LogP contribution in [0.4, 0.5) is 0 Å². The molecule has 1 aliphatic carbocycles. The summed E-state index contributed by atoms with van der Waals surface area (Å²) in [5.41, 5.74) is 0. The van der Waals surface area contributed by atoms with E-state index < -0.39 is 0 Å². The zero-order valence-corrected chi connectivity index (χ0v) is 13.3. The van der Waals surface area contributed by atoms with E-state index in [9.17, 15) is 0 Å². The smallest absolute Gasteiger partial charge is 0.192 e. The number of rotatable bonds is 6. The van der Waals surface area contributed by atoms with Gasteiger partial charge in [0.15, 0.2) is 5.96 Å². The highest BCUT2D eigenvalue weighted by atomic mass is 15.2. The summed E-state index contributed by atoms with van der Waals surface area (Å²) in [6.07, 6.45) is 12.1. The second kappa shape index (κ2) is 9.66. The lowest BCUT2D eigenvalue weighted by Crippen LogP contribution is -2.42. The predicted molar refractivity (Wildman–Crippen MR) is 86.9 cm³/mol. The SMILES string of the molecule is C#CCNC(=NCC(C1CCCCC1)N(C)C)NCC. The molecule has 4 nitrogen and oxygen atoms in total. The van der Waals surface area contributed by atoms with Gasteiger partial charge < -0.3 is 15.5 Å². The third-order valence-corrected chi connectivity index (χ3v) is 4.00. The van der Waals surface area contributed by atoms with Gasteiger partial charge in [-0.3, -0.25) is 4.99 Å². The van der Waals surface area contributed by atoms with Crippen LogP contribution in [0.3, 0.4) is 0 Å². The third kappa shape index (κ3) is 5.83. The van der Waals surface area contributed by atoms with Gasteiger partial charge in [0.05, 0.1) is 13.1 Å². The Labute approximate surface area is 124 Å². The minimum atomic E-state index is 0.516. The Hall–Kier alpha value is -1.21. The summed E-state index contributed by atoms with van der Waals surface area (Å²) in [6.45, 7) is 4.27. The zero-order valence-electron chi connectivity index (χ0n) is 13.3. The number of terminal acetylenes is 1. The number of aliphatic imine (C=N–C) groups is 1. The highest BCUT2D eigenvalue weighted by Gasteiger charge is 2.25. The Morgan fingerprint density at radius 2 is 2.00 bits per heavy atom. The summed E-state index contributed by atoms with van der Waals surface area (Å²) >= 11 is 0. The van der Waals surface area contributed by atoms with Crippen molar-refractivity contribution in [1.82, 2.24) is 15.5 Å². The first kappa shape index (κ1) is 16.8. The van der Waals surface area contributed by atoms with Crippen LogP contribution in [0.2, 0.25) is 0 Å². The maximum Gasteiger partial charge on any atom is 0.192 e. The van der Waals surface area contributed by atoms with Crippen LogP contribution in [0.5, 0.6) is 0 Å². The standard InChI is InChI=1S/C16H30N4/c1-5-12-18-16(17-6-2)19-13-15(20(3)4)14-10-8-7-9-11-14/h1,14-15H,6-13H2,2-4H3,(H2,17,18,19). The van der Waals surface area contributed by atoms with Gasteiger partial charge in [0.25, 0.3) is 0 Å². The number of likely N-dealkylation sites (N-methyl/N-ethyl adjacent to an activating group) is 1. The van der Waals surface area contributed by atoms with Gasteiger partial charge in [-0.05, 0) is 39.8 Å². The van der Waals surface area contributed by atoms with Crippen LogP contribution in [0.25, 0.3) is 0 Å². The number of hydrogen-bond donors (Lipinski definition) is 2. The summed E-state index contributed by atoms with van der Waals surface area (Å²) < 4.78 is 0. The summed E-state index contributed by atoms with van der Waals surface area (Å²) in [5, 5.41) is 6.39. The van der Waals surface area contributed by atoms with Gasteiger partial charge in [0, 0.05) is 12.6 Å². The van der Waals surface area contributed by atoms with E-state index in [1.54, 1.807) is 0 Å². The first-order chi connectivity index (χ1) is 9.69. The summed E-state index contributed by atoms with van der Waals surface area (Å²) in [5.74, 6) is 4.19. The van der Waals surface area contributed by atoms with Gasteiger partial charge in [-0.2, -0.15) is 0 Å². The van der Waals surface area contributed by atoms with E-state index in [1.165, 1.54) is 32.1 Å². The molecule has 0 aromatic rings. The molecule has 0 aromatic heterocycles. The van der Waals surface area contributed by atoms with E-state index in [1.807, 2.05) is 0 Å². The Morgan fingerprint density at radius 1 is 1.30 bits per heavy atom. The van der Waals surface area contributed by atoms with Crippen LogP contribution < -0.4 is 10.6 Å². The molecular weight excluding hydrogens is 248 g/mol. The van der Waals surface area contributed by atoms with Crippen molar-refractivity contribution in [2.75, 3.05) is 33.7 Å². The van der Waals surface area contributed by atoms with Crippen LogP contribution in [-0.2, 0) is 0 Å². The van der Waals surface area contributed by atoms with E-state index in [-0.39, 0.29) is 0 Å². The van der Waals surface area contributed by atoms with Crippen LogP contribution in [0.1, 0.15) is 39.0 Å². The first-order valence-corrected chi connectivity index (χ1v) is 7.81. The van der Waals surface area contributed by atoms with Gasteiger partial charge in [-0.25, -0.2) is 0 Å². The highest BCUT2D eigenvalue weighted by Crippen LogP contribution is 2.28. The van der Waals surface area contributed by atoms with Gasteiger partial charge in [-0.1, -0.05) is 25.2 Å². The Bertz CT molecular complexity index is 324. The minimum Gasteiger partial charge on any atom is -0.357 e. The Morgan fingerprint density at radius 3 is 2.55 bits per heavy atom. The van der Waals surface area contributed by atoms with E-state index in [0.717, 1.165) is 25.0 Å². The molecule has 114 valence electrons. The lowest BCUT2D eigenvalue weighted by atomic mass is 9.83. The molecule has 20 heavy (non-hydrogen) atoms. The van der Waals surface area contributed by atoms with Crippen molar-refractivity contribution < 1.29 is 0 Å². The molecule has 0 amide bonds. The van der Waals surface area contributed by atoms with Gasteiger partial charge in [0.2, 0.25) is 0 Å². The molecule has 1 unspecified atom stereocenters. The second-order valence-corrected chi connectivity index (χ2v) is 5.71. The largest absolute Gasteiger partial charge is 0.357 e. The molecule has 1 saturated carbocycles. The molecule has 2 N–H and O–H groups in total. The van der Waals surface area contributed by atoms with Gasteiger partial charge in [0.1, 0.15) is 0 Å². The summed E-state index contributed by atoms with van der Waals surface area (Å²) in [7, 11) is 4.33. The molecule has 4 heteroatoms. The third-order valence-electron chi connectivity index (χ3n) is 4.00. The Balaban J connectivity index is 2.60. The maximum absolute atomic E-state index is 5.29. The lowest BCUT2D eigenvalue weighted by Gasteiger charge is -2.34. The van der Waals surface area contributed by atoms with Crippen molar-refractivity contribution in [3.05, 3.63) is 0 Å². The molecule has 1 fully saturated rings. The van der Waals surface area contributed by atoms with E-state index in [4.69, 9.17) is 11.4 Å². The monoisotopic (exact) mass is 278 g/mol. The zero-order chi connectivity index (χ0) is 14.8. The molecule has 1 aliphatic rings. The van der Waals surface area contributed by atoms with Crippen LogP contribution in [0, 0.1) is 18.3 Å². The summed E-state index contributed by atoms with van der Waals surface area (Å²) in [6, 6.07) is 0.525. The van der Waals surface area contributed by atoms with Crippen molar-refractivity contribution in [2.24, 2.45) is 10.9 Å². The van der Waals surface area contributed by atoms with Crippen molar-refractivity contribution >= 4 is 5.96 Å². The number of guanidine groups is 1. The highest BCUT2D eigenvalue weighted by molar-refractivity contribution is 5.80. The second-order valence-electron chi connectivity index (χ2n) is 5.71. The fraction of sp³-hybridized carbons (Fsp3) is 0.812. The van der Waals surface area contributed by atoms with E-state index >= 15 is 0 Å². The molecule has 1 atom stereocenters. The average Bonchev–Trinajstić information content (AvgIpc) is 2.45. The molecule has 0 bridgehead atoms. The minimum absolute atomic E-state index is 0.516. The Kier molecular flexibility index (Phi) is 8.13. The van der Waals surface area contributed by atoms with Crippen LogP contribution in [-0.4, -0.2) is 50.6 Å². The van der Waals surface area contributed by atoms with Gasteiger partial charge >= 0.3 is 0 Å². The van der Waals surface area contributed by atoms with Crippen LogP contribution in [0.15, 0.2) is 4.99 Å². The average molecular weight is 278 g/mol. The lowest BCUT2D eigenvalue weighted by molar-refractivity contribution is 0.176. The fourth-order valence-electron chi connectivity index (χ4n) is 2.91. The van der Waals surface area contributed by atoms with Crippen molar-refractivity contribution in [3.8, 4) is 12.3 Å². The molecular formula is C16H30N4. The number of nitrogens with zero attached hydrogens (tertiary/aromatic N) is 2.